The van der Waals surface area contributed by atoms with Crippen molar-refractivity contribution in [2.24, 2.45) is 0 Å². The van der Waals surface area contributed by atoms with E-state index in [0.29, 0.717) is 45.8 Å². The second-order valence-electron chi connectivity index (χ2n) is 8.28. The summed E-state index contributed by atoms with van der Waals surface area (Å²) in [6, 6.07) is 3.37. The number of amides is 2. The zero-order valence-electron chi connectivity index (χ0n) is 18.4. The van der Waals surface area contributed by atoms with Gasteiger partial charge in [-0.1, -0.05) is 0 Å². The van der Waals surface area contributed by atoms with Gasteiger partial charge in [-0.3, -0.25) is 19.5 Å². The molecule has 4 heterocycles. The maximum absolute atomic E-state index is 13.0. The van der Waals surface area contributed by atoms with Gasteiger partial charge in [-0.25, -0.2) is 4.98 Å². The first-order valence-corrected chi connectivity index (χ1v) is 10.8. The van der Waals surface area contributed by atoms with Gasteiger partial charge in [-0.05, 0) is 32.9 Å². The average Bonchev–Trinajstić information content (AvgIpc) is 3.17. The number of piperazine rings is 2. The molecule has 2 aromatic heterocycles. The largest absolute Gasteiger partial charge is 0.465 e. The number of furan rings is 1. The molecule has 1 unspecified atom stereocenters. The molecule has 4 rings (SSSR count). The molecule has 2 aromatic rings. The van der Waals surface area contributed by atoms with Crippen molar-refractivity contribution >= 4 is 17.6 Å². The van der Waals surface area contributed by atoms with Crippen LogP contribution in [0.5, 0.6) is 0 Å². The number of rotatable bonds is 5. The summed E-state index contributed by atoms with van der Waals surface area (Å²) in [4.78, 5) is 40.7. The van der Waals surface area contributed by atoms with Crippen LogP contribution in [0.3, 0.4) is 0 Å². The van der Waals surface area contributed by atoms with Crippen LogP contribution < -0.4 is 10.2 Å². The van der Waals surface area contributed by atoms with E-state index in [2.05, 4.69) is 20.2 Å². The standard InChI is InChI=1S/C22H30N6O3/c1-15-13-24-17(3)21(25-15)27-10-8-26(9-11-27)20(29)12-19-22(30)23-6-7-28(19)14-18-5-4-16(2)31-18/h4-5,13,19H,6-12,14H2,1-3H3,(H,23,30). The number of nitrogens with one attached hydrogen (secondary N) is 1. The smallest absolute Gasteiger partial charge is 0.237 e. The maximum Gasteiger partial charge on any atom is 0.237 e. The first-order chi connectivity index (χ1) is 14.9. The Balaban J connectivity index is 1.36. The minimum Gasteiger partial charge on any atom is -0.465 e. The van der Waals surface area contributed by atoms with Crippen molar-refractivity contribution in [2.75, 3.05) is 44.2 Å². The van der Waals surface area contributed by atoms with Gasteiger partial charge in [0.25, 0.3) is 0 Å². The van der Waals surface area contributed by atoms with Crippen molar-refractivity contribution < 1.29 is 14.0 Å². The normalized spacial score (nSPS) is 20.1. The molecule has 0 aromatic carbocycles. The Morgan fingerprint density at radius 1 is 1.16 bits per heavy atom. The Kier molecular flexibility index (Phi) is 6.22. The highest BCUT2D eigenvalue weighted by atomic mass is 16.3. The van der Waals surface area contributed by atoms with E-state index in [4.69, 9.17) is 4.42 Å². The molecule has 1 atom stereocenters. The van der Waals surface area contributed by atoms with Gasteiger partial charge in [-0.15, -0.1) is 0 Å². The van der Waals surface area contributed by atoms with E-state index in [9.17, 15) is 9.59 Å². The second-order valence-corrected chi connectivity index (χ2v) is 8.28. The van der Waals surface area contributed by atoms with Crippen LogP contribution in [0, 0.1) is 20.8 Å². The highest BCUT2D eigenvalue weighted by Crippen LogP contribution is 2.20. The van der Waals surface area contributed by atoms with Crippen LogP contribution >= 0.6 is 0 Å². The average molecular weight is 427 g/mol. The van der Waals surface area contributed by atoms with E-state index < -0.39 is 6.04 Å². The van der Waals surface area contributed by atoms with E-state index in [1.165, 1.54) is 0 Å². The van der Waals surface area contributed by atoms with Crippen LogP contribution in [0.2, 0.25) is 0 Å². The number of nitrogens with zero attached hydrogens (tertiary/aromatic N) is 5. The van der Waals surface area contributed by atoms with Crippen LogP contribution in [0.25, 0.3) is 0 Å². The Morgan fingerprint density at radius 3 is 2.65 bits per heavy atom. The number of aryl methyl sites for hydroxylation is 3. The van der Waals surface area contributed by atoms with Crippen LogP contribution in [-0.4, -0.2) is 76.9 Å². The van der Waals surface area contributed by atoms with E-state index in [1.54, 1.807) is 6.20 Å². The predicted molar refractivity (Wildman–Crippen MR) is 116 cm³/mol. The topological polar surface area (TPSA) is 94.8 Å². The Hall–Kier alpha value is -2.94. The molecule has 2 fully saturated rings. The SMILES string of the molecule is Cc1cnc(C)c(N2CCN(C(=O)CC3C(=O)NCCN3Cc3ccc(C)o3)CC2)n1. The van der Waals surface area contributed by atoms with Crippen molar-refractivity contribution in [1.29, 1.82) is 0 Å². The van der Waals surface area contributed by atoms with Crippen molar-refractivity contribution in [2.45, 2.75) is 39.8 Å². The zero-order valence-corrected chi connectivity index (χ0v) is 18.4. The first kappa shape index (κ1) is 21.3. The minimum absolute atomic E-state index is 0.00868. The molecule has 1 N–H and O–H groups in total. The number of hydrogen-bond donors (Lipinski definition) is 1. The minimum atomic E-state index is -0.477. The molecule has 2 aliphatic rings. The third kappa shape index (κ3) is 4.87. The zero-order chi connectivity index (χ0) is 22.0. The molecule has 0 saturated carbocycles. The van der Waals surface area contributed by atoms with Gasteiger partial charge < -0.3 is 19.5 Å². The van der Waals surface area contributed by atoms with Gasteiger partial charge in [0, 0.05) is 45.5 Å². The highest BCUT2D eigenvalue weighted by Gasteiger charge is 2.34. The Morgan fingerprint density at radius 2 is 1.94 bits per heavy atom. The van der Waals surface area contributed by atoms with E-state index in [0.717, 1.165) is 28.7 Å². The summed E-state index contributed by atoms with van der Waals surface area (Å²) in [7, 11) is 0. The van der Waals surface area contributed by atoms with Gasteiger partial charge >= 0.3 is 0 Å². The molecule has 0 aliphatic carbocycles. The van der Waals surface area contributed by atoms with E-state index >= 15 is 0 Å². The molecule has 2 saturated heterocycles. The molecular formula is C22H30N6O3. The summed E-state index contributed by atoms with van der Waals surface area (Å²) in [6.45, 7) is 10.2. The van der Waals surface area contributed by atoms with E-state index in [1.807, 2.05) is 42.7 Å². The van der Waals surface area contributed by atoms with Crippen molar-refractivity contribution in [3.05, 3.63) is 41.2 Å². The summed E-state index contributed by atoms with van der Waals surface area (Å²) in [5.74, 6) is 2.46. The first-order valence-electron chi connectivity index (χ1n) is 10.8. The van der Waals surface area contributed by atoms with Gasteiger partial charge in [0.15, 0.2) is 0 Å². The number of carbonyl (C=O) groups is 2. The molecule has 0 bridgehead atoms. The fourth-order valence-electron chi connectivity index (χ4n) is 4.23. The number of hydrogen-bond acceptors (Lipinski definition) is 7. The number of carbonyl (C=O) groups excluding carboxylic acids is 2. The van der Waals surface area contributed by atoms with Gasteiger partial charge in [-0.2, -0.15) is 0 Å². The summed E-state index contributed by atoms with van der Waals surface area (Å²) in [5, 5.41) is 2.90. The van der Waals surface area contributed by atoms with E-state index in [-0.39, 0.29) is 18.2 Å². The Labute approximate surface area is 182 Å². The third-order valence-corrected chi connectivity index (χ3v) is 5.95. The predicted octanol–water partition coefficient (Wildman–Crippen LogP) is 1.03. The lowest BCUT2D eigenvalue weighted by atomic mass is 10.1. The van der Waals surface area contributed by atoms with Crippen LogP contribution in [0.4, 0.5) is 5.82 Å². The lowest BCUT2D eigenvalue weighted by Crippen LogP contribution is -2.57. The van der Waals surface area contributed by atoms with Gasteiger partial charge in [0.2, 0.25) is 11.8 Å². The molecular weight excluding hydrogens is 396 g/mol. The van der Waals surface area contributed by atoms with Crippen molar-refractivity contribution in [1.82, 2.24) is 25.1 Å². The molecule has 9 heteroatoms. The number of aromatic nitrogens is 2. The van der Waals surface area contributed by atoms with Crippen molar-refractivity contribution in [3.8, 4) is 0 Å². The lowest BCUT2D eigenvalue weighted by molar-refractivity contribution is -0.139. The monoisotopic (exact) mass is 426 g/mol. The summed E-state index contributed by atoms with van der Waals surface area (Å²) < 4.78 is 5.68. The maximum atomic E-state index is 13.0. The van der Waals surface area contributed by atoms with Gasteiger partial charge in [0.05, 0.1) is 30.4 Å². The quantitative estimate of drug-likeness (QED) is 0.763. The third-order valence-electron chi connectivity index (χ3n) is 5.95. The van der Waals surface area contributed by atoms with Crippen LogP contribution in [0.15, 0.2) is 22.7 Å². The fraction of sp³-hybridized carbons (Fsp3) is 0.545. The molecule has 9 nitrogen and oxygen atoms in total. The number of anilines is 1. The molecule has 2 aliphatic heterocycles. The lowest BCUT2D eigenvalue weighted by Gasteiger charge is -2.38. The van der Waals surface area contributed by atoms with Gasteiger partial charge in [0.1, 0.15) is 17.3 Å². The summed E-state index contributed by atoms with van der Waals surface area (Å²) in [6.07, 6.45) is 1.94. The van der Waals surface area contributed by atoms with Crippen molar-refractivity contribution in [3.63, 3.8) is 0 Å². The fourth-order valence-corrected chi connectivity index (χ4v) is 4.23. The second kappa shape index (κ2) is 9.05. The molecule has 31 heavy (non-hydrogen) atoms. The van der Waals surface area contributed by atoms with Crippen LogP contribution in [0.1, 0.15) is 29.3 Å². The van der Waals surface area contributed by atoms with Crippen LogP contribution in [-0.2, 0) is 16.1 Å². The highest BCUT2D eigenvalue weighted by molar-refractivity contribution is 5.89. The summed E-state index contributed by atoms with van der Waals surface area (Å²) >= 11 is 0. The summed E-state index contributed by atoms with van der Waals surface area (Å²) in [5.41, 5.74) is 1.78. The molecule has 0 radical (unpaired) electrons. The Bertz CT molecular complexity index is 950. The molecule has 2 amide bonds. The molecule has 0 spiro atoms. The molecule has 166 valence electrons.